The highest BCUT2D eigenvalue weighted by atomic mass is 16.7. The second-order valence-electron chi connectivity index (χ2n) is 5.15. The Hall–Kier alpha value is -3.47. The van der Waals surface area contributed by atoms with Gasteiger partial charge in [-0.05, 0) is 36.4 Å². The number of oxime groups is 1. The lowest BCUT2D eigenvalue weighted by Gasteiger charge is -2.06. The molecule has 0 saturated carbocycles. The van der Waals surface area contributed by atoms with Crippen molar-refractivity contribution in [1.82, 2.24) is 4.98 Å². The van der Waals surface area contributed by atoms with Gasteiger partial charge in [-0.15, -0.1) is 0 Å². The van der Waals surface area contributed by atoms with Crippen molar-refractivity contribution >= 4 is 11.7 Å². The van der Waals surface area contributed by atoms with E-state index in [9.17, 15) is 4.79 Å². The Labute approximate surface area is 145 Å². The molecule has 0 amide bonds. The summed E-state index contributed by atoms with van der Waals surface area (Å²) in [4.78, 5) is 21.5. The second kappa shape index (κ2) is 7.88. The average molecular weight is 332 g/mol. The van der Waals surface area contributed by atoms with E-state index in [-0.39, 0.29) is 0 Å². The van der Waals surface area contributed by atoms with Crippen molar-refractivity contribution in [2.45, 2.75) is 0 Å². The Kier molecular flexibility index (Phi) is 5.16. The van der Waals surface area contributed by atoms with Gasteiger partial charge in [0, 0.05) is 23.5 Å². The van der Waals surface area contributed by atoms with Crippen LogP contribution >= 0.6 is 0 Å². The lowest BCUT2D eigenvalue weighted by atomic mass is 10.0. The fraction of sp³-hybridized carbons (Fsp3) is 0.0500. The molecule has 0 aliphatic rings. The first-order valence-electron chi connectivity index (χ1n) is 7.67. The molecule has 5 nitrogen and oxygen atoms in total. The first-order valence-corrected chi connectivity index (χ1v) is 7.67. The Balaban J connectivity index is 1.87. The van der Waals surface area contributed by atoms with Crippen molar-refractivity contribution in [2.75, 3.05) is 7.11 Å². The molecular formula is C20H16N2O3. The molecule has 0 aliphatic carbocycles. The molecule has 0 spiro atoms. The van der Waals surface area contributed by atoms with Gasteiger partial charge in [0.2, 0.25) is 0 Å². The molecule has 2 aromatic carbocycles. The standard InChI is InChI=1S/C20H16N2O3/c1-24-18-11-9-16(10-12-18)20(23)25-22-19(15-6-3-2-4-7-15)17-8-5-13-21-14-17/h2-14H,1H3/b22-19-. The number of rotatable bonds is 5. The van der Waals surface area contributed by atoms with Crippen LogP contribution in [0.2, 0.25) is 0 Å². The number of carbonyl (C=O) groups is 1. The zero-order chi connectivity index (χ0) is 17.5. The van der Waals surface area contributed by atoms with Crippen LogP contribution in [0.15, 0.2) is 84.3 Å². The second-order valence-corrected chi connectivity index (χ2v) is 5.15. The lowest BCUT2D eigenvalue weighted by molar-refractivity contribution is 0.0517. The molecule has 0 fully saturated rings. The number of hydrogen-bond acceptors (Lipinski definition) is 5. The highest BCUT2D eigenvalue weighted by Gasteiger charge is 2.11. The van der Waals surface area contributed by atoms with E-state index in [4.69, 9.17) is 9.57 Å². The van der Waals surface area contributed by atoms with Gasteiger partial charge >= 0.3 is 5.97 Å². The van der Waals surface area contributed by atoms with Crippen molar-refractivity contribution in [1.29, 1.82) is 0 Å². The van der Waals surface area contributed by atoms with Crippen LogP contribution < -0.4 is 4.74 Å². The molecule has 0 atom stereocenters. The SMILES string of the molecule is COc1ccc(C(=O)O/N=C(/c2ccccc2)c2cccnc2)cc1. The van der Waals surface area contributed by atoms with Gasteiger partial charge in [-0.3, -0.25) is 4.98 Å². The maximum atomic E-state index is 12.2. The molecule has 0 aliphatic heterocycles. The molecule has 0 radical (unpaired) electrons. The van der Waals surface area contributed by atoms with Gasteiger partial charge in [0.15, 0.2) is 0 Å². The van der Waals surface area contributed by atoms with Crippen molar-refractivity contribution < 1.29 is 14.4 Å². The molecule has 0 bridgehead atoms. The average Bonchev–Trinajstić information content (AvgIpc) is 2.70. The number of ether oxygens (including phenoxy) is 1. The van der Waals surface area contributed by atoms with Crippen molar-refractivity contribution in [3.05, 3.63) is 95.8 Å². The molecule has 1 aromatic heterocycles. The largest absolute Gasteiger partial charge is 0.497 e. The van der Waals surface area contributed by atoms with Crippen LogP contribution in [0.5, 0.6) is 5.75 Å². The molecular weight excluding hydrogens is 316 g/mol. The van der Waals surface area contributed by atoms with E-state index in [0.29, 0.717) is 17.0 Å². The predicted octanol–water partition coefficient (Wildman–Crippen LogP) is 3.70. The Morgan fingerprint density at radius 3 is 2.24 bits per heavy atom. The van der Waals surface area contributed by atoms with E-state index >= 15 is 0 Å². The highest BCUT2D eigenvalue weighted by Crippen LogP contribution is 2.14. The van der Waals surface area contributed by atoms with Gasteiger partial charge in [0.1, 0.15) is 11.5 Å². The third-order valence-corrected chi connectivity index (χ3v) is 3.53. The smallest absolute Gasteiger partial charge is 0.365 e. The van der Waals surface area contributed by atoms with Gasteiger partial charge in [-0.1, -0.05) is 35.5 Å². The number of aromatic nitrogens is 1. The van der Waals surface area contributed by atoms with Crippen molar-refractivity contribution in [2.24, 2.45) is 5.16 Å². The lowest BCUT2D eigenvalue weighted by Crippen LogP contribution is -2.08. The monoisotopic (exact) mass is 332 g/mol. The van der Waals surface area contributed by atoms with Crippen LogP contribution in [0, 0.1) is 0 Å². The highest BCUT2D eigenvalue weighted by molar-refractivity contribution is 6.12. The summed E-state index contributed by atoms with van der Waals surface area (Å²) in [6.45, 7) is 0. The molecule has 124 valence electrons. The first kappa shape index (κ1) is 16.4. The number of pyridine rings is 1. The number of hydrogen-bond donors (Lipinski definition) is 0. The van der Waals surface area contributed by atoms with Crippen LogP contribution in [-0.4, -0.2) is 23.8 Å². The van der Waals surface area contributed by atoms with Crippen LogP contribution in [0.1, 0.15) is 21.5 Å². The van der Waals surface area contributed by atoms with E-state index in [1.807, 2.05) is 36.4 Å². The van der Waals surface area contributed by atoms with Gasteiger partial charge in [0.05, 0.1) is 12.7 Å². The van der Waals surface area contributed by atoms with Crippen molar-refractivity contribution in [3.63, 3.8) is 0 Å². The number of carbonyl (C=O) groups excluding carboxylic acids is 1. The van der Waals surface area contributed by atoms with Crippen LogP contribution in [0.25, 0.3) is 0 Å². The molecule has 3 aromatic rings. The number of benzene rings is 2. The third-order valence-electron chi connectivity index (χ3n) is 3.53. The van der Waals surface area contributed by atoms with Gasteiger partial charge in [0.25, 0.3) is 0 Å². The maximum Gasteiger partial charge on any atom is 0.365 e. The van der Waals surface area contributed by atoms with E-state index in [1.54, 1.807) is 49.8 Å². The number of nitrogens with zero attached hydrogens (tertiary/aromatic N) is 2. The zero-order valence-corrected chi connectivity index (χ0v) is 13.6. The van der Waals surface area contributed by atoms with Crippen LogP contribution in [-0.2, 0) is 4.84 Å². The number of methoxy groups -OCH3 is 1. The van der Waals surface area contributed by atoms with E-state index < -0.39 is 5.97 Å². The predicted molar refractivity (Wildman–Crippen MR) is 94.7 cm³/mol. The van der Waals surface area contributed by atoms with E-state index in [1.165, 1.54) is 0 Å². The third kappa shape index (κ3) is 4.09. The summed E-state index contributed by atoms with van der Waals surface area (Å²) in [6.07, 6.45) is 3.35. The minimum absolute atomic E-state index is 0.392. The molecule has 1 heterocycles. The molecule has 25 heavy (non-hydrogen) atoms. The molecule has 0 N–H and O–H groups in total. The zero-order valence-electron chi connectivity index (χ0n) is 13.6. The molecule has 5 heteroatoms. The van der Waals surface area contributed by atoms with Crippen molar-refractivity contribution in [3.8, 4) is 5.75 Å². The minimum atomic E-state index is -0.542. The summed E-state index contributed by atoms with van der Waals surface area (Å²) in [7, 11) is 1.57. The summed E-state index contributed by atoms with van der Waals surface area (Å²) in [5, 5.41) is 4.08. The Morgan fingerprint density at radius 2 is 1.60 bits per heavy atom. The van der Waals surface area contributed by atoms with E-state index in [2.05, 4.69) is 10.1 Å². The Bertz CT molecular complexity index is 819. The summed E-state index contributed by atoms with van der Waals surface area (Å²) in [6, 6.07) is 19.8. The van der Waals surface area contributed by atoms with Crippen LogP contribution in [0.4, 0.5) is 0 Å². The fourth-order valence-electron chi connectivity index (χ4n) is 2.24. The van der Waals surface area contributed by atoms with Crippen LogP contribution in [0.3, 0.4) is 0 Å². The van der Waals surface area contributed by atoms with Gasteiger partial charge in [-0.25, -0.2) is 4.79 Å². The Morgan fingerprint density at radius 1 is 0.880 bits per heavy atom. The van der Waals surface area contributed by atoms with E-state index in [0.717, 1.165) is 11.1 Å². The summed E-state index contributed by atoms with van der Waals surface area (Å²) >= 11 is 0. The quantitative estimate of drug-likeness (QED) is 0.406. The summed E-state index contributed by atoms with van der Waals surface area (Å²) in [5.74, 6) is 0.125. The van der Waals surface area contributed by atoms with Gasteiger partial charge in [-0.2, -0.15) is 0 Å². The summed E-state index contributed by atoms with van der Waals surface area (Å²) < 4.78 is 5.08. The first-order chi connectivity index (χ1) is 12.3. The normalized spacial score (nSPS) is 11.0. The summed E-state index contributed by atoms with van der Waals surface area (Å²) in [5.41, 5.74) is 2.52. The fourth-order valence-corrected chi connectivity index (χ4v) is 2.24. The molecule has 0 saturated heterocycles. The topological polar surface area (TPSA) is 60.8 Å². The molecule has 3 rings (SSSR count). The maximum absolute atomic E-state index is 12.2. The minimum Gasteiger partial charge on any atom is -0.497 e. The molecule has 0 unspecified atom stereocenters. The van der Waals surface area contributed by atoms with Gasteiger partial charge < -0.3 is 9.57 Å².